The standard InChI is InChI=1S/C19H22N4O5S/c1-20-18(24)17-10-14-7-8-16(22-29(26,27)28)9-15(14)12-23(17)19(25)21-11-13-5-3-2-4-6-13/h2-9,17,22H,10-12H2,1H3,(H,20,24)(H,21,25)(H,26,27,28)/t17-/m0/s1. The van der Waals surface area contributed by atoms with Crippen LogP contribution in [0.1, 0.15) is 16.7 Å². The molecule has 1 atom stereocenters. The summed E-state index contributed by atoms with van der Waals surface area (Å²) >= 11 is 0. The molecule has 2 aromatic rings. The Labute approximate surface area is 169 Å². The average molecular weight is 418 g/mol. The Hall–Kier alpha value is -3.11. The Morgan fingerprint density at radius 1 is 1.14 bits per heavy atom. The lowest BCUT2D eigenvalue weighted by molar-refractivity contribution is -0.125. The van der Waals surface area contributed by atoms with Gasteiger partial charge >= 0.3 is 16.3 Å². The molecule has 0 aliphatic carbocycles. The SMILES string of the molecule is CNC(=O)[C@@H]1Cc2ccc(NS(=O)(=O)O)cc2CN1C(=O)NCc1ccccc1. The zero-order valence-electron chi connectivity index (χ0n) is 15.8. The van der Waals surface area contributed by atoms with Gasteiger partial charge in [-0.15, -0.1) is 0 Å². The van der Waals surface area contributed by atoms with Gasteiger partial charge in [0.15, 0.2) is 0 Å². The van der Waals surface area contributed by atoms with E-state index in [1.54, 1.807) is 12.1 Å². The number of urea groups is 1. The molecular formula is C19H22N4O5S. The monoisotopic (exact) mass is 418 g/mol. The van der Waals surface area contributed by atoms with Crippen LogP contribution in [0.5, 0.6) is 0 Å². The van der Waals surface area contributed by atoms with Crippen molar-refractivity contribution in [2.24, 2.45) is 0 Å². The van der Waals surface area contributed by atoms with Gasteiger partial charge in [0.05, 0.1) is 5.69 Å². The molecule has 29 heavy (non-hydrogen) atoms. The van der Waals surface area contributed by atoms with Crippen molar-refractivity contribution in [2.75, 3.05) is 11.8 Å². The minimum atomic E-state index is -4.41. The van der Waals surface area contributed by atoms with Crippen molar-refractivity contribution in [1.82, 2.24) is 15.5 Å². The number of anilines is 1. The van der Waals surface area contributed by atoms with Crippen molar-refractivity contribution in [2.45, 2.75) is 25.6 Å². The lowest BCUT2D eigenvalue weighted by atomic mass is 9.93. The van der Waals surface area contributed by atoms with Crippen molar-refractivity contribution in [3.8, 4) is 0 Å². The maximum atomic E-state index is 12.8. The number of hydrogen-bond donors (Lipinski definition) is 4. The number of fused-ring (bicyclic) bond motifs is 1. The van der Waals surface area contributed by atoms with Crippen LogP contribution >= 0.6 is 0 Å². The van der Waals surface area contributed by atoms with Gasteiger partial charge in [0.2, 0.25) is 5.91 Å². The molecule has 3 rings (SSSR count). The second-order valence-electron chi connectivity index (χ2n) is 6.67. The van der Waals surface area contributed by atoms with Crippen molar-refractivity contribution >= 4 is 27.9 Å². The van der Waals surface area contributed by atoms with E-state index in [-0.39, 0.29) is 18.1 Å². The Morgan fingerprint density at radius 3 is 2.52 bits per heavy atom. The highest BCUT2D eigenvalue weighted by Crippen LogP contribution is 2.27. The fourth-order valence-electron chi connectivity index (χ4n) is 3.29. The van der Waals surface area contributed by atoms with Crippen LogP contribution in [0.4, 0.5) is 10.5 Å². The molecule has 0 aromatic heterocycles. The second-order valence-corrected chi connectivity index (χ2v) is 7.82. The minimum Gasteiger partial charge on any atom is -0.357 e. The largest absolute Gasteiger partial charge is 0.357 e. The summed E-state index contributed by atoms with van der Waals surface area (Å²) in [6, 6.07) is 13.0. The van der Waals surface area contributed by atoms with Gasteiger partial charge < -0.3 is 15.5 Å². The smallest absolute Gasteiger partial charge is 0.357 e. The number of amides is 3. The predicted octanol–water partition coefficient (Wildman–Crippen LogP) is 1.28. The highest BCUT2D eigenvalue weighted by Gasteiger charge is 2.34. The molecule has 0 saturated carbocycles. The minimum absolute atomic E-state index is 0.120. The molecule has 1 heterocycles. The van der Waals surface area contributed by atoms with Crippen molar-refractivity contribution in [1.29, 1.82) is 0 Å². The van der Waals surface area contributed by atoms with Gasteiger partial charge in [-0.05, 0) is 28.8 Å². The second kappa shape index (κ2) is 8.50. The summed E-state index contributed by atoms with van der Waals surface area (Å²) in [7, 11) is -2.90. The highest BCUT2D eigenvalue weighted by molar-refractivity contribution is 7.87. The molecule has 154 valence electrons. The van der Waals surface area contributed by atoms with E-state index < -0.39 is 22.4 Å². The van der Waals surface area contributed by atoms with E-state index >= 15 is 0 Å². The number of hydrogen-bond acceptors (Lipinski definition) is 4. The first-order valence-corrected chi connectivity index (χ1v) is 10.4. The summed E-state index contributed by atoms with van der Waals surface area (Å²) < 4.78 is 33.1. The van der Waals surface area contributed by atoms with Gasteiger partial charge in [0.25, 0.3) is 0 Å². The van der Waals surface area contributed by atoms with E-state index in [0.717, 1.165) is 11.1 Å². The third kappa shape index (κ3) is 5.24. The normalized spacial score (nSPS) is 15.9. The van der Waals surface area contributed by atoms with E-state index in [2.05, 4.69) is 10.6 Å². The van der Waals surface area contributed by atoms with Crippen LogP contribution in [0.2, 0.25) is 0 Å². The lowest BCUT2D eigenvalue weighted by Gasteiger charge is -2.36. The molecule has 0 radical (unpaired) electrons. The van der Waals surface area contributed by atoms with E-state index in [1.807, 2.05) is 35.1 Å². The Bertz CT molecular complexity index is 1010. The van der Waals surface area contributed by atoms with Gasteiger partial charge in [-0.2, -0.15) is 8.42 Å². The summed E-state index contributed by atoms with van der Waals surface area (Å²) in [5.41, 5.74) is 2.61. The van der Waals surface area contributed by atoms with Crippen molar-refractivity contribution < 1.29 is 22.6 Å². The zero-order chi connectivity index (χ0) is 21.0. The number of rotatable bonds is 5. The molecule has 4 N–H and O–H groups in total. The van der Waals surface area contributed by atoms with E-state index in [9.17, 15) is 18.0 Å². The summed E-state index contributed by atoms with van der Waals surface area (Å²) in [5.74, 6) is -0.286. The molecule has 0 spiro atoms. The number of carbonyl (C=O) groups excluding carboxylic acids is 2. The highest BCUT2D eigenvalue weighted by atomic mass is 32.2. The van der Waals surface area contributed by atoms with Crippen LogP contribution < -0.4 is 15.4 Å². The summed E-state index contributed by atoms with van der Waals surface area (Å²) in [4.78, 5) is 26.6. The molecule has 10 heteroatoms. The molecule has 3 amide bonds. The molecule has 0 unspecified atom stereocenters. The van der Waals surface area contributed by atoms with Crippen molar-refractivity contribution in [3.63, 3.8) is 0 Å². The van der Waals surface area contributed by atoms with Crippen LogP contribution in [0.3, 0.4) is 0 Å². The number of carbonyl (C=O) groups is 2. The lowest BCUT2D eigenvalue weighted by Crippen LogP contribution is -2.54. The zero-order valence-corrected chi connectivity index (χ0v) is 16.6. The maximum absolute atomic E-state index is 12.8. The van der Waals surface area contributed by atoms with E-state index in [1.165, 1.54) is 18.0 Å². The number of likely N-dealkylation sites (N-methyl/N-ethyl adjacent to an activating group) is 1. The van der Waals surface area contributed by atoms with Gasteiger partial charge in [-0.1, -0.05) is 36.4 Å². The Kier molecular flexibility index (Phi) is 6.04. The first kappa shape index (κ1) is 20.6. The molecule has 0 fully saturated rings. The van der Waals surface area contributed by atoms with Crippen LogP contribution in [0.25, 0.3) is 0 Å². The van der Waals surface area contributed by atoms with Gasteiger partial charge in [0.1, 0.15) is 6.04 Å². The third-order valence-corrected chi connectivity index (χ3v) is 5.17. The topological polar surface area (TPSA) is 128 Å². The molecular weight excluding hydrogens is 396 g/mol. The molecule has 0 bridgehead atoms. The number of nitrogens with zero attached hydrogens (tertiary/aromatic N) is 1. The molecule has 1 aliphatic rings. The van der Waals surface area contributed by atoms with Gasteiger partial charge in [0, 0.05) is 26.6 Å². The van der Waals surface area contributed by atoms with Crippen molar-refractivity contribution in [3.05, 3.63) is 65.2 Å². The Balaban J connectivity index is 1.82. The molecule has 9 nitrogen and oxygen atoms in total. The molecule has 1 aliphatic heterocycles. The quantitative estimate of drug-likeness (QED) is 0.544. The molecule has 2 aromatic carbocycles. The van der Waals surface area contributed by atoms with Crippen LogP contribution in [-0.2, 0) is 34.6 Å². The predicted molar refractivity (Wildman–Crippen MR) is 107 cm³/mol. The average Bonchev–Trinajstić information content (AvgIpc) is 2.70. The number of benzene rings is 2. The number of nitrogens with one attached hydrogen (secondary N) is 3. The van der Waals surface area contributed by atoms with Crippen LogP contribution in [0.15, 0.2) is 48.5 Å². The van der Waals surface area contributed by atoms with Crippen LogP contribution in [0, 0.1) is 0 Å². The summed E-state index contributed by atoms with van der Waals surface area (Å²) in [5, 5.41) is 5.40. The first-order valence-electron chi connectivity index (χ1n) is 8.94. The van der Waals surface area contributed by atoms with Gasteiger partial charge in [-0.25, -0.2) is 4.79 Å². The third-order valence-electron chi connectivity index (χ3n) is 4.68. The van der Waals surface area contributed by atoms with E-state index in [4.69, 9.17) is 4.55 Å². The maximum Gasteiger partial charge on any atom is 0.357 e. The van der Waals surface area contributed by atoms with E-state index in [0.29, 0.717) is 18.5 Å². The summed E-state index contributed by atoms with van der Waals surface area (Å²) in [6.07, 6.45) is 0.292. The summed E-state index contributed by atoms with van der Waals surface area (Å²) in [6.45, 7) is 0.433. The first-order chi connectivity index (χ1) is 13.8. The molecule has 0 saturated heterocycles. The van der Waals surface area contributed by atoms with Crippen LogP contribution in [-0.4, -0.2) is 42.9 Å². The fourth-order valence-corrected chi connectivity index (χ4v) is 3.71. The fraction of sp³-hybridized carbons (Fsp3) is 0.263. The Morgan fingerprint density at radius 2 is 1.86 bits per heavy atom. The van der Waals surface area contributed by atoms with Gasteiger partial charge in [-0.3, -0.25) is 14.1 Å².